The number of methoxy groups -OCH3 is 1. The fraction of sp³-hybridized carbons (Fsp3) is 0.562. The molecule has 0 aliphatic heterocycles. The first-order valence-corrected chi connectivity index (χ1v) is 8.18. The molecule has 1 aromatic rings. The van der Waals surface area contributed by atoms with Gasteiger partial charge in [0.25, 0.3) is 0 Å². The maximum absolute atomic E-state index is 12.7. The molecule has 1 aliphatic carbocycles. The lowest BCUT2D eigenvalue weighted by Crippen LogP contribution is -2.17. The molecule has 0 radical (unpaired) electrons. The molecule has 0 unspecified atom stereocenters. The van der Waals surface area contributed by atoms with Crippen molar-refractivity contribution in [3.05, 3.63) is 27.3 Å². The van der Waals surface area contributed by atoms with Gasteiger partial charge in [0.2, 0.25) is 0 Å². The van der Waals surface area contributed by atoms with Crippen LogP contribution >= 0.6 is 22.6 Å². The Morgan fingerprint density at radius 1 is 1.16 bits per heavy atom. The van der Waals surface area contributed by atoms with Gasteiger partial charge in [-0.15, -0.1) is 0 Å². The molecule has 2 nitrogen and oxygen atoms in total. The third kappa shape index (κ3) is 3.94. The number of hydrogen-bond donors (Lipinski definition) is 0. The van der Waals surface area contributed by atoms with Crippen LogP contribution in [0.1, 0.15) is 55.3 Å². The van der Waals surface area contributed by atoms with E-state index in [1.807, 2.05) is 18.2 Å². The van der Waals surface area contributed by atoms with Crippen LogP contribution in [0, 0.1) is 9.49 Å². The Morgan fingerprint density at radius 2 is 1.79 bits per heavy atom. The van der Waals surface area contributed by atoms with Crippen molar-refractivity contribution in [3.8, 4) is 5.75 Å². The first-order valence-electron chi connectivity index (χ1n) is 7.10. The minimum Gasteiger partial charge on any atom is -0.496 e. The summed E-state index contributed by atoms with van der Waals surface area (Å²) in [5.41, 5.74) is 0.764. The van der Waals surface area contributed by atoms with Gasteiger partial charge in [0.05, 0.1) is 12.7 Å². The molecule has 0 heterocycles. The number of carbonyl (C=O) groups excluding carboxylic acids is 1. The standard InChI is InChI=1S/C16H21IO2/c1-19-15-10-9-13(17)11-14(15)16(18)12-7-5-3-2-4-6-8-12/h9-12H,2-8H2,1H3. The average molecular weight is 372 g/mol. The number of hydrogen-bond acceptors (Lipinski definition) is 2. The van der Waals surface area contributed by atoms with Crippen LogP contribution in [0.3, 0.4) is 0 Å². The van der Waals surface area contributed by atoms with E-state index in [1.165, 1.54) is 32.1 Å². The number of ketones is 1. The van der Waals surface area contributed by atoms with Gasteiger partial charge in [0.1, 0.15) is 5.75 Å². The van der Waals surface area contributed by atoms with Crippen molar-refractivity contribution in [1.82, 2.24) is 0 Å². The second kappa shape index (κ2) is 7.27. The van der Waals surface area contributed by atoms with Crippen LogP contribution in [-0.2, 0) is 0 Å². The molecule has 0 spiro atoms. The van der Waals surface area contributed by atoms with E-state index in [-0.39, 0.29) is 11.7 Å². The number of Topliss-reactive ketones (excluding diaryl/α,β-unsaturated/α-hetero) is 1. The quantitative estimate of drug-likeness (QED) is 0.561. The van der Waals surface area contributed by atoms with E-state index in [0.29, 0.717) is 5.75 Å². The maximum Gasteiger partial charge on any atom is 0.169 e. The molecule has 104 valence electrons. The Labute approximate surface area is 129 Å². The number of carbonyl (C=O) groups is 1. The highest BCUT2D eigenvalue weighted by Crippen LogP contribution is 2.29. The molecule has 0 N–H and O–H groups in total. The third-order valence-corrected chi connectivity index (χ3v) is 4.57. The van der Waals surface area contributed by atoms with Gasteiger partial charge in [-0.1, -0.05) is 32.1 Å². The molecule has 0 aromatic heterocycles. The summed E-state index contributed by atoms with van der Waals surface area (Å²) in [7, 11) is 1.64. The van der Waals surface area contributed by atoms with Crippen LogP contribution in [0.15, 0.2) is 18.2 Å². The Kier molecular flexibility index (Phi) is 5.67. The topological polar surface area (TPSA) is 26.3 Å². The summed E-state index contributed by atoms with van der Waals surface area (Å²) >= 11 is 2.25. The zero-order chi connectivity index (χ0) is 13.7. The highest BCUT2D eigenvalue weighted by molar-refractivity contribution is 14.1. The van der Waals surface area contributed by atoms with Crippen LogP contribution in [0.25, 0.3) is 0 Å². The van der Waals surface area contributed by atoms with E-state index in [9.17, 15) is 4.79 Å². The molecule has 0 saturated heterocycles. The second-order valence-corrected chi connectivity index (χ2v) is 6.50. The van der Waals surface area contributed by atoms with Crippen molar-refractivity contribution < 1.29 is 9.53 Å². The van der Waals surface area contributed by atoms with Crippen molar-refractivity contribution in [1.29, 1.82) is 0 Å². The van der Waals surface area contributed by atoms with E-state index in [1.54, 1.807) is 7.11 Å². The van der Waals surface area contributed by atoms with Crippen molar-refractivity contribution in [2.45, 2.75) is 44.9 Å². The summed E-state index contributed by atoms with van der Waals surface area (Å²) in [4.78, 5) is 12.7. The molecule has 0 bridgehead atoms. The van der Waals surface area contributed by atoms with E-state index >= 15 is 0 Å². The van der Waals surface area contributed by atoms with Crippen LogP contribution in [0.4, 0.5) is 0 Å². The fourth-order valence-corrected chi connectivity index (χ4v) is 3.30. The minimum absolute atomic E-state index is 0.187. The van der Waals surface area contributed by atoms with Crippen molar-refractivity contribution in [2.24, 2.45) is 5.92 Å². The highest BCUT2D eigenvalue weighted by Gasteiger charge is 2.23. The van der Waals surface area contributed by atoms with Crippen LogP contribution in [-0.4, -0.2) is 12.9 Å². The Morgan fingerprint density at radius 3 is 2.42 bits per heavy atom. The fourth-order valence-electron chi connectivity index (χ4n) is 2.81. The highest BCUT2D eigenvalue weighted by atomic mass is 127. The average Bonchev–Trinajstić information content (AvgIpc) is 2.37. The molecular formula is C16H21IO2. The Hall–Kier alpha value is -0.580. The molecule has 19 heavy (non-hydrogen) atoms. The minimum atomic E-state index is 0.187. The van der Waals surface area contributed by atoms with Crippen LogP contribution in [0.5, 0.6) is 5.75 Å². The summed E-state index contributed by atoms with van der Waals surface area (Å²) in [5.74, 6) is 1.18. The van der Waals surface area contributed by atoms with Gasteiger partial charge in [-0.3, -0.25) is 4.79 Å². The van der Waals surface area contributed by atoms with Crippen LogP contribution in [0.2, 0.25) is 0 Å². The van der Waals surface area contributed by atoms with Crippen LogP contribution < -0.4 is 4.74 Å². The maximum atomic E-state index is 12.7. The van der Waals surface area contributed by atoms with E-state index in [2.05, 4.69) is 22.6 Å². The van der Waals surface area contributed by atoms with Gasteiger partial charge in [-0.2, -0.15) is 0 Å². The van der Waals surface area contributed by atoms with Crippen molar-refractivity contribution in [2.75, 3.05) is 7.11 Å². The lowest BCUT2D eigenvalue weighted by Gasteiger charge is -2.19. The molecule has 1 saturated carbocycles. The van der Waals surface area contributed by atoms with Crippen molar-refractivity contribution >= 4 is 28.4 Å². The van der Waals surface area contributed by atoms with Gasteiger partial charge >= 0.3 is 0 Å². The lowest BCUT2D eigenvalue weighted by atomic mass is 9.85. The summed E-state index contributed by atoms with van der Waals surface area (Å²) in [6, 6.07) is 5.84. The van der Waals surface area contributed by atoms with Crippen molar-refractivity contribution in [3.63, 3.8) is 0 Å². The second-order valence-electron chi connectivity index (χ2n) is 5.25. The predicted octanol–water partition coefficient (Wildman–Crippen LogP) is 4.84. The molecule has 2 rings (SSSR count). The van der Waals surface area contributed by atoms with E-state index in [4.69, 9.17) is 4.74 Å². The summed E-state index contributed by atoms with van der Waals surface area (Å²) in [6.45, 7) is 0. The van der Waals surface area contributed by atoms with Gasteiger partial charge in [0.15, 0.2) is 5.78 Å². The molecule has 1 aliphatic rings. The lowest BCUT2D eigenvalue weighted by molar-refractivity contribution is 0.0895. The molecular weight excluding hydrogens is 351 g/mol. The molecule has 3 heteroatoms. The molecule has 0 amide bonds. The summed E-state index contributed by atoms with van der Waals surface area (Å²) < 4.78 is 6.43. The molecule has 0 atom stereocenters. The van der Waals surface area contributed by atoms with Gasteiger partial charge in [0, 0.05) is 9.49 Å². The number of halogens is 1. The first-order chi connectivity index (χ1) is 9.22. The van der Waals surface area contributed by atoms with Gasteiger partial charge in [-0.05, 0) is 53.6 Å². The number of rotatable bonds is 3. The zero-order valence-electron chi connectivity index (χ0n) is 11.5. The number of benzene rings is 1. The molecule has 1 fully saturated rings. The largest absolute Gasteiger partial charge is 0.496 e. The predicted molar refractivity (Wildman–Crippen MR) is 85.9 cm³/mol. The Balaban J connectivity index is 2.19. The monoisotopic (exact) mass is 372 g/mol. The smallest absolute Gasteiger partial charge is 0.169 e. The molecule has 1 aromatic carbocycles. The zero-order valence-corrected chi connectivity index (χ0v) is 13.6. The summed E-state index contributed by atoms with van der Waals surface area (Å²) in [5, 5.41) is 0. The summed E-state index contributed by atoms with van der Waals surface area (Å²) in [6.07, 6.45) is 8.31. The van der Waals surface area contributed by atoms with Gasteiger partial charge in [-0.25, -0.2) is 0 Å². The normalized spacial score (nSPS) is 17.6. The Bertz CT molecular complexity index is 434. The van der Waals surface area contributed by atoms with E-state index in [0.717, 1.165) is 22.0 Å². The SMILES string of the molecule is COc1ccc(I)cc1C(=O)C1CCCCCCC1. The first kappa shape index (κ1) is 14.8. The number of ether oxygens (including phenoxy) is 1. The van der Waals surface area contributed by atoms with E-state index < -0.39 is 0 Å². The van der Waals surface area contributed by atoms with Gasteiger partial charge < -0.3 is 4.74 Å². The third-order valence-electron chi connectivity index (χ3n) is 3.90.